The maximum Gasteiger partial charge on any atom is 0.338 e. The summed E-state index contributed by atoms with van der Waals surface area (Å²) >= 11 is 0. The average molecular weight is 442 g/mol. The summed E-state index contributed by atoms with van der Waals surface area (Å²) in [5, 5.41) is 3.88. The fourth-order valence-electron chi connectivity index (χ4n) is 3.48. The molecule has 1 aromatic heterocycles. The lowest BCUT2D eigenvalue weighted by molar-refractivity contribution is 0.0429. The van der Waals surface area contributed by atoms with Crippen molar-refractivity contribution in [3.05, 3.63) is 65.5 Å². The summed E-state index contributed by atoms with van der Waals surface area (Å²) in [5.41, 5.74) is 1.53. The van der Waals surface area contributed by atoms with Crippen LogP contribution < -0.4 is 0 Å². The zero-order valence-electron chi connectivity index (χ0n) is 17.2. The summed E-state index contributed by atoms with van der Waals surface area (Å²) in [6.45, 7) is 2.50. The number of carbonyl (C=O) groups is 1. The molecule has 0 unspecified atom stereocenters. The van der Waals surface area contributed by atoms with Crippen molar-refractivity contribution in [1.29, 1.82) is 0 Å². The minimum Gasteiger partial charge on any atom is -0.452 e. The molecule has 1 saturated heterocycles. The molecule has 162 valence electrons. The van der Waals surface area contributed by atoms with Gasteiger partial charge in [-0.1, -0.05) is 48.0 Å². The first-order valence-electron chi connectivity index (χ1n) is 10.1. The lowest BCUT2D eigenvalue weighted by atomic mass is 10.1. The van der Waals surface area contributed by atoms with Crippen molar-refractivity contribution in [2.45, 2.75) is 37.7 Å². The van der Waals surface area contributed by atoms with Gasteiger partial charge in [0.05, 0.1) is 10.5 Å². The number of rotatable bonds is 6. The molecule has 0 spiro atoms. The molecular formula is C22H23N3O5S. The topological polar surface area (TPSA) is 103 Å². The van der Waals surface area contributed by atoms with Gasteiger partial charge in [0.1, 0.15) is 0 Å². The Morgan fingerprint density at radius 3 is 2.58 bits per heavy atom. The Morgan fingerprint density at radius 2 is 1.84 bits per heavy atom. The number of hydrogen-bond donors (Lipinski definition) is 0. The van der Waals surface area contributed by atoms with Crippen molar-refractivity contribution in [2.24, 2.45) is 0 Å². The third-order valence-electron chi connectivity index (χ3n) is 5.18. The largest absolute Gasteiger partial charge is 0.452 e. The van der Waals surface area contributed by atoms with Gasteiger partial charge < -0.3 is 9.26 Å². The average Bonchev–Trinajstić information content (AvgIpc) is 3.28. The van der Waals surface area contributed by atoms with Crippen LogP contribution >= 0.6 is 0 Å². The van der Waals surface area contributed by atoms with E-state index in [1.807, 2.05) is 30.3 Å². The Balaban J connectivity index is 1.47. The molecule has 3 aromatic rings. The summed E-state index contributed by atoms with van der Waals surface area (Å²) in [6, 6.07) is 13.8. The summed E-state index contributed by atoms with van der Waals surface area (Å²) in [6.07, 6.45) is 2.71. The van der Waals surface area contributed by atoms with Gasteiger partial charge in [-0.2, -0.15) is 9.29 Å². The number of esters is 1. The Morgan fingerprint density at radius 1 is 1.10 bits per heavy atom. The normalized spacial score (nSPS) is 15.0. The van der Waals surface area contributed by atoms with Crippen molar-refractivity contribution in [2.75, 3.05) is 13.1 Å². The monoisotopic (exact) mass is 441 g/mol. The molecule has 31 heavy (non-hydrogen) atoms. The zero-order valence-corrected chi connectivity index (χ0v) is 18.0. The van der Waals surface area contributed by atoms with Gasteiger partial charge in [-0.15, -0.1) is 0 Å². The third-order valence-corrected chi connectivity index (χ3v) is 7.22. The number of piperidine rings is 1. The second kappa shape index (κ2) is 8.99. The summed E-state index contributed by atoms with van der Waals surface area (Å²) in [4.78, 5) is 16.9. The van der Waals surface area contributed by atoms with Crippen LogP contribution in [-0.2, 0) is 21.4 Å². The van der Waals surface area contributed by atoms with Gasteiger partial charge >= 0.3 is 5.97 Å². The number of hydrogen-bond acceptors (Lipinski definition) is 7. The van der Waals surface area contributed by atoms with Gasteiger partial charge in [0.15, 0.2) is 6.61 Å². The second-order valence-corrected chi connectivity index (χ2v) is 9.31. The Bertz CT molecular complexity index is 1170. The predicted molar refractivity (Wildman–Crippen MR) is 113 cm³/mol. The smallest absolute Gasteiger partial charge is 0.338 e. The van der Waals surface area contributed by atoms with Crippen LogP contribution in [0.25, 0.3) is 11.4 Å². The first-order chi connectivity index (χ1) is 14.9. The minimum atomic E-state index is -3.66. The highest BCUT2D eigenvalue weighted by Gasteiger charge is 2.28. The van der Waals surface area contributed by atoms with Crippen molar-refractivity contribution in [3.63, 3.8) is 0 Å². The Hall–Kier alpha value is -3.04. The number of aromatic nitrogens is 2. The molecular weight excluding hydrogens is 418 g/mol. The molecule has 1 fully saturated rings. The molecule has 2 heterocycles. The van der Waals surface area contributed by atoms with Crippen LogP contribution in [0.2, 0.25) is 0 Å². The number of aryl methyl sites for hydroxylation is 1. The van der Waals surface area contributed by atoms with E-state index in [4.69, 9.17) is 9.26 Å². The van der Waals surface area contributed by atoms with Crippen LogP contribution in [0.1, 0.15) is 41.1 Å². The van der Waals surface area contributed by atoms with E-state index in [2.05, 4.69) is 10.1 Å². The summed E-state index contributed by atoms with van der Waals surface area (Å²) in [5.74, 6) is -0.105. The molecule has 0 bridgehead atoms. The SMILES string of the molecule is Cc1ccc(C(=O)OCc2nc(-c3ccccc3)no2)cc1S(=O)(=O)N1CCCCC1. The first-order valence-corrected chi connectivity index (χ1v) is 11.5. The number of benzene rings is 2. The molecule has 0 saturated carbocycles. The highest BCUT2D eigenvalue weighted by Crippen LogP contribution is 2.25. The molecule has 8 nitrogen and oxygen atoms in total. The fourth-order valence-corrected chi connectivity index (χ4v) is 5.25. The van der Waals surface area contributed by atoms with E-state index in [9.17, 15) is 13.2 Å². The molecule has 0 radical (unpaired) electrons. The molecule has 1 aliphatic heterocycles. The molecule has 0 atom stereocenters. The van der Waals surface area contributed by atoms with Crippen LogP contribution in [0.3, 0.4) is 0 Å². The highest BCUT2D eigenvalue weighted by atomic mass is 32.2. The predicted octanol–water partition coefficient (Wildman–Crippen LogP) is 3.58. The third kappa shape index (κ3) is 4.67. The summed E-state index contributed by atoms with van der Waals surface area (Å²) < 4.78 is 38.0. The van der Waals surface area contributed by atoms with Crippen molar-refractivity contribution in [3.8, 4) is 11.4 Å². The quantitative estimate of drug-likeness (QED) is 0.539. The van der Waals surface area contributed by atoms with Gasteiger partial charge in [0, 0.05) is 18.7 Å². The van der Waals surface area contributed by atoms with Gasteiger partial charge in [0.25, 0.3) is 5.89 Å². The van der Waals surface area contributed by atoms with Crippen LogP contribution in [0.15, 0.2) is 57.9 Å². The van der Waals surface area contributed by atoms with Gasteiger partial charge in [-0.25, -0.2) is 13.2 Å². The molecule has 0 N–H and O–H groups in total. The van der Waals surface area contributed by atoms with E-state index in [1.165, 1.54) is 10.4 Å². The lowest BCUT2D eigenvalue weighted by Gasteiger charge is -2.26. The summed E-state index contributed by atoms with van der Waals surface area (Å²) in [7, 11) is -3.66. The highest BCUT2D eigenvalue weighted by molar-refractivity contribution is 7.89. The molecule has 2 aromatic carbocycles. The van der Waals surface area contributed by atoms with Crippen molar-refractivity contribution in [1.82, 2.24) is 14.4 Å². The minimum absolute atomic E-state index is 0.132. The Labute approximate surface area is 180 Å². The number of ether oxygens (including phenoxy) is 1. The van der Waals surface area contributed by atoms with Crippen LogP contribution in [0.4, 0.5) is 0 Å². The van der Waals surface area contributed by atoms with Crippen molar-refractivity contribution < 1.29 is 22.5 Å². The standard InChI is InChI=1S/C22H23N3O5S/c1-16-10-11-18(14-19(16)31(27,28)25-12-6-3-7-13-25)22(26)29-15-20-23-21(24-30-20)17-8-4-2-5-9-17/h2,4-5,8-11,14H,3,6-7,12-13,15H2,1H3. The van der Waals surface area contributed by atoms with Gasteiger partial charge in [-0.3, -0.25) is 0 Å². The molecule has 0 amide bonds. The molecule has 4 rings (SSSR count). The van der Waals surface area contributed by atoms with E-state index in [0.717, 1.165) is 24.8 Å². The van der Waals surface area contributed by atoms with E-state index >= 15 is 0 Å². The zero-order chi connectivity index (χ0) is 21.8. The molecule has 1 aliphatic rings. The number of carbonyl (C=O) groups excluding carboxylic acids is 1. The van der Waals surface area contributed by atoms with E-state index in [1.54, 1.807) is 19.1 Å². The van der Waals surface area contributed by atoms with Crippen LogP contribution in [0, 0.1) is 6.92 Å². The number of sulfonamides is 1. The van der Waals surface area contributed by atoms with Crippen LogP contribution in [0.5, 0.6) is 0 Å². The van der Waals surface area contributed by atoms with E-state index in [-0.39, 0.29) is 23.0 Å². The van der Waals surface area contributed by atoms with Gasteiger partial charge in [-0.05, 0) is 37.5 Å². The Kier molecular flexibility index (Phi) is 6.15. The van der Waals surface area contributed by atoms with Gasteiger partial charge in [0.2, 0.25) is 15.8 Å². The maximum absolute atomic E-state index is 13.0. The second-order valence-electron chi connectivity index (χ2n) is 7.40. The maximum atomic E-state index is 13.0. The van der Waals surface area contributed by atoms with E-state index < -0.39 is 16.0 Å². The first kappa shape index (κ1) is 21.2. The van der Waals surface area contributed by atoms with E-state index in [0.29, 0.717) is 24.5 Å². The van der Waals surface area contributed by atoms with Crippen molar-refractivity contribution >= 4 is 16.0 Å². The molecule has 9 heteroatoms. The fraction of sp³-hybridized carbons (Fsp3) is 0.318. The van der Waals surface area contributed by atoms with Crippen LogP contribution in [-0.4, -0.2) is 41.9 Å². The number of nitrogens with zero attached hydrogens (tertiary/aromatic N) is 3. The molecule has 0 aliphatic carbocycles. The lowest BCUT2D eigenvalue weighted by Crippen LogP contribution is -2.36.